The molecule has 2 aliphatic rings. The summed E-state index contributed by atoms with van der Waals surface area (Å²) in [5.41, 5.74) is 3.49. The first-order chi connectivity index (χ1) is 13.2. The molecule has 6 heteroatoms. The van der Waals surface area contributed by atoms with Crippen LogP contribution in [0, 0.1) is 0 Å². The van der Waals surface area contributed by atoms with Crippen molar-refractivity contribution in [2.24, 2.45) is 0 Å². The lowest BCUT2D eigenvalue weighted by atomic mass is 9.98. The maximum absolute atomic E-state index is 10.6. The van der Waals surface area contributed by atoms with Crippen LogP contribution in [0.3, 0.4) is 0 Å². The number of nitrogens with one attached hydrogen (secondary N) is 1. The third-order valence-electron chi connectivity index (χ3n) is 5.01. The molecule has 142 valence electrons. The van der Waals surface area contributed by atoms with Crippen LogP contribution >= 0.6 is 0 Å². The van der Waals surface area contributed by atoms with Gasteiger partial charge < -0.3 is 29.5 Å². The number of fused-ring (bicyclic) bond motifs is 1. The number of methoxy groups -OCH3 is 2. The molecule has 1 fully saturated rings. The summed E-state index contributed by atoms with van der Waals surface area (Å²) in [5, 5.41) is 14.0. The van der Waals surface area contributed by atoms with E-state index in [1.165, 1.54) is 0 Å². The highest BCUT2D eigenvalue weighted by Gasteiger charge is 2.25. The molecule has 0 bridgehead atoms. The molecule has 0 spiro atoms. The van der Waals surface area contributed by atoms with Gasteiger partial charge in [0.2, 0.25) is 6.29 Å². The molecule has 4 rings (SSSR count). The number of piperazine rings is 1. The van der Waals surface area contributed by atoms with E-state index in [-0.39, 0.29) is 0 Å². The molecule has 1 atom stereocenters. The van der Waals surface area contributed by atoms with Crippen molar-refractivity contribution in [1.82, 2.24) is 5.32 Å². The van der Waals surface area contributed by atoms with Crippen molar-refractivity contribution in [3.8, 4) is 17.2 Å². The molecule has 2 aromatic rings. The summed E-state index contributed by atoms with van der Waals surface area (Å²) >= 11 is 0. The predicted octanol–water partition coefficient (Wildman–Crippen LogP) is 2.36. The molecule has 0 saturated carbocycles. The molecule has 1 saturated heterocycles. The Bertz CT molecular complexity index is 859. The van der Waals surface area contributed by atoms with Gasteiger partial charge in [-0.25, -0.2) is 0 Å². The molecule has 27 heavy (non-hydrogen) atoms. The lowest BCUT2D eigenvalue weighted by Crippen LogP contribution is -2.43. The van der Waals surface area contributed by atoms with Gasteiger partial charge in [0.05, 0.1) is 14.2 Å². The first kappa shape index (κ1) is 17.7. The lowest BCUT2D eigenvalue weighted by molar-refractivity contribution is 0.0318. The fourth-order valence-electron chi connectivity index (χ4n) is 3.53. The van der Waals surface area contributed by atoms with Crippen LogP contribution in [0.2, 0.25) is 0 Å². The van der Waals surface area contributed by atoms with Gasteiger partial charge in [-0.1, -0.05) is 0 Å². The first-order valence-corrected chi connectivity index (χ1v) is 9.08. The van der Waals surface area contributed by atoms with Crippen molar-refractivity contribution in [2.45, 2.75) is 6.29 Å². The van der Waals surface area contributed by atoms with E-state index in [1.54, 1.807) is 20.3 Å². The van der Waals surface area contributed by atoms with Gasteiger partial charge in [0, 0.05) is 60.7 Å². The Morgan fingerprint density at radius 2 is 1.89 bits per heavy atom. The summed E-state index contributed by atoms with van der Waals surface area (Å²) in [6, 6.07) is 11.7. The second-order valence-electron chi connectivity index (χ2n) is 6.60. The number of aliphatic hydroxyl groups excluding tert-OH is 1. The van der Waals surface area contributed by atoms with Crippen molar-refractivity contribution >= 4 is 17.3 Å². The quantitative estimate of drug-likeness (QED) is 0.864. The second-order valence-corrected chi connectivity index (χ2v) is 6.60. The van der Waals surface area contributed by atoms with E-state index in [0.29, 0.717) is 22.8 Å². The topological polar surface area (TPSA) is 63.2 Å². The van der Waals surface area contributed by atoms with Crippen LogP contribution in [-0.2, 0) is 0 Å². The average molecular weight is 368 g/mol. The van der Waals surface area contributed by atoms with E-state index in [0.717, 1.165) is 43.0 Å². The fourth-order valence-corrected chi connectivity index (χ4v) is 3.53. The van der Waals surface area contributed by atoms with Gasteiger partial charge in [0.1, 0.15) is 17.2 Å². The second kappa shape index (κ2) is 7.50. The van der Waals surface area contributed by atoms with Crippen molar-refractivity contribution < 1.29 is 19.3 Å². The number of nitrogens with zero attached hydrogens (tertiary/aromatic N) is 1. The van der Waals surface area contributed by atoms with E-state index >= 15 is 0 Å². The summed E-state index contributed by atoms with van der Waals surface area (Å²) < 4.78 is 16.6. The highest BCUT2D eigenvalue weighted by molar-refractivity contribution is 5.89. The normalized spacial score (nSPS) is 19.0. The number of hydrogen-bond acceptors (Lipinski definition) is 6. The summed E-state index contributed by atoms with van der Waals surface area (Å²) in [4.78, 5) is 2.32. The minimum atomic E-state index is -1.06. The molecular weight excluding hydrogens is 344 g/mol. The SMILES string of the molecule is COc1ccc(C2=Cc3ccc(N4CCNCC4)cc3OC2O)c(OC)c1. The van der Waals surface area contributed by atoms with Gasteiger partial charge >= 0.3 is 0 Å². The molecule has 0 radical (unpaired) electrons. The van der Waals surface area contributed by atoms with E-state index in [1.807, 2.05) is 30.3 Å². The molecule has 2 heterocycles. The molecular formula is C21H24N2O4. The highest BCUT2D eigenvalue weighted by Crippen LogP contribution is 2.39. The Labute approximate surface area is 159 Å². The van der Waals surface area contributed by atoms with Crippen molar-refractivity contribution in [3.63, 3.8) is 0 Å². The molecule has 2 aliphatic heterocycles. The Kier molecular flexibility index (Phi) is 4.92. The third-order valence-corrected chi connectivity index (χ3v) is 5.01. The predicted molar refractivity (Wildman–Crippen MR) is 106 cm³/mol. The molecule has 0 aromatic heterocycles. The monoisotopic (exact) mass is 368 g/mol. The Balaban J connectivity index is 1.68. The Morgan fingerprint density at radius 3 is 2.63 bits per heavy atom. The van der Waals surface area contributed by atoms with Crippen molar-refractivity contribution in [2.75, 3.05) is 45.3 Å². The first-order valence-electron chi connectivity index (χ1n) is 9.08. The lowest BCUT2D eigenvalue weighted by Gasteiger charge is -2.31. The van der Waals surface area contributed by atoms with Gasteiger partial charge in [-0.05, 0) is 30.3 Å². The van der Waals surface area contributed by atoms with Crippen LogP contribution in [0.25, 0.3) is 11.6 Å². The number of ether oxygens (including phenoxy) is 3. The molecule has 2 aromatic carbocycles. The zero-order chi connectivity index (χ0) is 18.8. The minimum Gasteiger partial charge on any atom is -0.497 e. The molecule has 0 amide bonds. The third kappa shape index (κ3) is 3.46. The van der Waals surface area contributed by atoms with Gasteiger partial charge in [-0.2, -0.15) is 0 Å². The zero-order valence-electron chi connectivity index (χ0n) is 15.6. The van der Waals surface area contributed by atoms with Gasteiger partial charge in [-0.15, -0.1) is 0 Å². The van der Waals surface area contributed by atoms with Crippen LogP contribution in [-0.4, -0.2) is 51.8 Å². The van der Waals surface area contributed by atoms with Gasteiger partial charge in [0.25, 0.3) is 0 Å². The van der Waals surface area contributed by atoms with E-state index in [4.69, 9.17) is 14.2 Å². The van der Waals surface area contributed by atoms with Gasteiger partial charge in [-0.3, -0.25) is 0 Å². The van der Waals surface area contributed by atoms with Crippen molar-refractivity contribution in [3.05, 3.63) is 47.5 Å². The number of rotatable bonds is 4. The highest BCUT2D eigenvalue weighted by atomic mass is 16.6. The average Bonchev–Trinajstić information content (AvgIpc) is 2.73. The van der Waals surface area contributed by atoms with E-state index in [2.05, 4.69) is 16.3 Å². The summed E-state index contributed by atoms with van der Waals surface area (Å²) in [5.74, 6) is 2.02. The maximum Gasteiger partial charge on any atom is 0.225 e. The zero-order valence-corrected chi connectivity index (χ0v) is 15.6. The van der Waals surface area contributed by atoms with Crippen LogP contribution < -0.4 is 24.4 Å². The molecule has 0 aliphatic carbocycles. The van der Waals surface area contributed by atoms with Gasteiger partial charge in [0.15, 0.2) is 0 Å². The standard InChI is InChI=1S/C21H24N2O4/c1-25-16-5-6-17(20(13-16)26-2)18-11-14-3-4-15(12-19(14)27-21(18)24)23-9-7-22-8-10-23/h3-6,11-13,21-22,24H,7-10H2,1-2H3. The molecule has 1 unspecified atom stereocenters. The number of anilines is 1. The summed E-state index contributed by atoms with van der Waals surface area (Å²) in [7, 11) is 3.21. The van der Waals surface area contributed by atoms with Crippen LogP contribution in [0.15, 0.2) is 36.4 Å². The number of hydrogen-bond donors (Lipinski definition) is 2. The number of aliphatic hydroxyl groups is 1. The van der Waals surface area contributed by atoms with E-state index in [9.17, 15) is 5.11 Å². The Hall–Kier alpha value is -2.70. The molecule has 6 nitrogen and oxygen atoms in total. The minimum absolute atomic E-state index is 0.629. The van der Waals surface area contributed by atoms with E-state index < -0.39 is 6.29 Å². The molecule has 2 N–H and O–H groups in total. The fraction of sp³-hybridized carbons (Fsp3) is 0.333. The summed E-state index contributed by atoms with van der Waals surface area (Å²) in [6.07, 6.45) is 0.896. The number of benzene rings is 2. The van der Waals surface area contributed by atoms with Crippen LogP contribution in [0.4, 0.5) is 5.69 Å². The largest absolute Gasteiger partial charge is 0.497 e. The maximum atomic E-state index is 10.6. The Morgan fingerprint density at radius 1 is 1.07 bits per heavy atom. The van der Waals surface area contributed by atoms with Crippen LogP contribution in [0.1, 0.15) is 11.1 Å². The van der Waals surface area contributed by atoms with Crippen molar-refractivity contribution in [1.29, 1.82) is 0 Å². The summed E-state index contributed by atoms with van der Waals surface area (Å²) in [6.45, 7) is 3.88. The van der Waals surface area contributed by atoms with Crippen LogP contribution in [0.5, 0.6) is 17.2 Å². The smallest absolute Gasteiger partial charge is 0.225 e.